The van der Waals surface area contributed by atoms with E-state index in [1.807, 2.05) is 12.3 Å². The fraction of sp³-hybridized carbons (Fsp3) is 0.455. The molecule has 142 valence electrons. The number of benzene rings is 1. The molecule has 1 aliphatic rings. The molecule has 0 amide bonds. The molecule has 3 heterocycles. The van der Waals surface area contributed by atoms with Crippen LogP contribution in [0.3, 0.4) is 0 Å². The van der Waals surface area contributed by atoms with Crippen molar-refractivity contribution in [3.8, 4) is 0 Å². The van der Waals surface area contributed by atoms with Crippen molar-refractivity contribution in [2.75, 3.05) is 31.1 Å². The van der Waals surface area contributed by atoms with Crippen molar-refractivity contribution in [2.45, 2.75) is 32.7 Å². The smallest absolute Gasteiger partial charge is 0.159 e. The van der Waals surface area contributed by atoms with Gasteiger partial charge in [-0.2, -0.15) is 0 Å². The highest BCUT2D eigenvalue weighted by Crippen LogP contribution is 2.29. The van der Waals surface area contributed by atoms with Crippen molar-refractivity contribution in [1.29, 1.82) is 0 Å². The van der Waals surface area contributed by atoms with Gasteiger partial charge < -0.3 is 9.47 Å². The highest BCUT2D eigenvalue weighted by atomic mass is 15.2. The lowest BCUT2D eigenvalue weighted by atomic mass is 10.1. The zero-order valence-corrected chi connectivity index (χ0v) is 16.6. The maximum absolute atomic E-state index is 4.85. The van der Waals surface area contributed by atoms with E-state index in [1.165, 1.54) is 17.1 Å². The van der Waals surface area contributed by atoms with Crippen molar-refractivity contribution in [3.05, 3.63) is 54.0 Å². The molecule has 1 atom stereocenters. The lowest BCUT2D eigenvalue weighted by molar-refractivity contribution is 0.325. The number of hydrogen-bond donors (Lipinski definition) is 0. The summed E-state index contributed by atoms with van der Waals surface area (Å²) in [5.74, 6) is 1.65. The lowest BCUT2D eigenvalue weighted by Gasteiger charge is -2.22. The average Bonchev–Trinajstić information content (AvgIpc) is 3.29. The van der Waals surface area contributed by atoms with Gasteiger partial charge in [0, 0.05) is 51.0 Å². The van der Waals surface area contributed by atoms with Gasteiger partial charge in [-0.3, -0.25) is 4.90 Å². The molecule has 4 rings (SSSR count). The number of aryl methyl sites for hydroxylation is 1. The molecule has 3 aromatic rings. The first-order valence-corrected chi connectivity index (χ1v) is 10.0. The maximum Gasteiger partial charge on any atom is 0.159 e. The molecule has 0 unspecified atom stereocenters. The molecule has 27 heavy (non-hydrogen) atoms. The minimum Gasteiger partial charge on any atom is -0.372 e. The van der Waals surface area contributed by atoms with Crippen molar-refractivity contribution in [2.24, 2.45) is 7.05 Å². The summed E-state index contributed by atoms with van der Waals surface area (Å²) in [6.45, 7) is 9.72. The van der Waals surface area contributed by atoms with Gasteiger partial charge >= 0.3 is 0 Å². The number of hydrogen-bond acceptors (Lipinski definition) is 4. The summed E-state index contributed by atoms with van der Waals surface area (Å²) in [6, 6.07) is 13.1. The topological polar surface area (TPSA) is 37.2 Å². The van der Waals surface area contributed by atoms with E-state index in [0.29, 0.717) is 5.92 Å². The van der Waals surface area contributed by atoms with Gasteiger partial charge in [0.05, 0.1) is 0 Å². The molecular formula is C22H29N5. The highest BCUT2D eigenvalue weighted by molar-refractivity contribution is 5.71. The zero-order valence-electron chi connectivity index (χ0n) is 16.6. The number of aromatic nitrogens is 3. The fourth-order valence-corrected chi connectivity index (χ4v) is 4.25. The van der Waals surface area contributed by atoms with Gasteiger partial charge in [0.15, 0.2) is 5.65 Å². The molecule has 0 aliphatic carbocycles. The molecule has 0 saturated carbocycles. The number of likely N-dealkylation sites (tertiary alicyclic amines) is 1. The standard InChI is InChI=1S/C22H29N5/c1-4-27(5-2)19-10-8-17(9-11-19)15-26-14-12-18(16-26)21-24-20-7-6-13-23-22(20)25(21)3/h6-11,13,18H,4-5,12,14-16H2,1-3H3/t18-/m0/s1. The van der Waals surface area contributed by atoms with Crippen molar-refractivity contribution < 1.29 is 0 Å². The third-order valence-corrected chi connectivity index (χ3v) is 5.77. The van der Waals surface area contributed by atoms with Crippen LogP contribution in [-0.2, 0) is 13.6 Å². The molecule has 1 fully saturated rings. The number of rotatable bonds is 6. The molecule has 1 aliphatic heterocycles. The summed E-state index contributed by atoms with van der Waals surface area (Å²) in [7, 11) is 2.09. The van der Waals surface area contributed by atoms with Crippen molar-refractivity contribution in [1.82, 2.24) is 19.4 Å². The number of anilines is 1. The van der Waals surface area contributed by atoms with Crippen molar-refractivity contribution >= 4 is 16.9 Å². The van der Waals surface area contributed by atoms with E-state index in [1.54, 1.807) is 0 Å². The summed E-state index contributed by atoms with van der Waals surface area (Å²) < 4.78 is 2.17. The van der Waals surface area contributed by atoms with Crippen LogP contribution in [0.25, 0.3) is 11.2 Å². The Labute approximate surface area is 161 Å². The highest BCUT2D eigenvalue weighted by Gasteiger charge is 2.27. The molecule has 2 aromatic heterocycles. The van der Waals surface area contributed by atoms with Gasteiger partial charge in [0.2, 0.25) is 0 Å². The Morgan fingerprint density at radius 1 is 1.11 bits per heavy atom. The predicted octanol–water partition coefficient (Wildman–Crippen LogP) is 3.80. The van der Waals surface area contributed by atoms with Crippen LogP contribution >= 0.6 is 0 Å². The minimum atomic E-state index is 0.485. The van der Waals surface area contributed by atoms with Gasteiger partial charge in [-0.15, -0.1) is 0 Å². The van der Waals surface area contributed by atoms with Gasteiger partial charge in [-0.1, -0.05) is 12.1 Å². The van der Waals surface area contributed by atoms with E-state index in [4.69, 9.17) is 4.98 Å². The minimum absolute atomic E-state index is 0.485. The summed E-state index contributed by atoms with van der Waals surface area (Å²) >= 11 is 0. The number of nitrogens with zero attached hydrogens (tertiary/aromatic N) is 5. The number of pyridine rings is 1. The van der Waals surface area contributed by atoms with Crippen LogP contribution in [0.4, 0.5) is 5.69 Å². The van der Waals surface area contributed by atoms with Crippen LogP contribution in [0.5, 0.6) is 0 Å². The average molecular weight is 364 g/mol. The Hall–Kier alpha value is -2.40. The first-order chi connectivity index (χ1) is 13.2. The molecule has 1 aromatic carbocycles. The quantitative estimate of drug-likeness (QED) is 0.667. The summed E-state index contributed by atoms with van der Waals surface area (Å²) in [4.78, 5) is 14.3. The Kier molecular flexibility index (Phi) is 5.12. The predicted molar refractivity (Wildman–Crippen MR) is 111 cm³/mol. The lowest BCUT2D eigenvalue weighted by Crippen LogP contribution is -2.22. The second-order valence-corrected chi connectivity index (χ2v) is 7.43. The summed E-state index contributed by atoms with van der Waals surface area (Å²) in [6.07, 6.45) is 3.01. The van der Waals surface area contributed by atoms with Crippen LogP contribution in [0.15, 0.2) is 42.6 Å². The third-order valence-electron chi connectivity index (χ3n) is 5.77. The largest absolute Gasteiger partial charge is 0.372 e. The van der Waals surface area contributed by atoms with Crippen LogP contribution in [0, 0.1) is 0 Å². The molecule has 5 heteroatoms. The van der Waals surface area contributed by atoms with Gasteiger partial charge in [0.1, 0.15) is 11.3 Å². The van der Waals surface area contributed by atoms with E-state index in [-0.39, 0.29) is 0 Å². The number of imidazole rings is 1. The first kappa shape index (κ1) is 18.0. The number of fused-ring (bicyclic) bond motifs is 1. The third kappa shape index (κ3) is 3.56. The normalized spacial score (nSPS) is 17.7. The van der Waals surface area contributed by atoms with E-state index in [0.717, 1.165) is 50.3 Å². The fourth-order valence-electron chi connectivity index (χ4n) is 4.25. The van der Waals surface area contributed by atoms with Crippen LogP contribution in [0.2, 0.25) is 0 Å². The molecule has 0 spiro atoms. The second-order valence-electron chi connectivity index (χ2n) is 7.43. The van der Waals surface area contributed by atoms with Crippen LogP contribution < -0.4 is 4.90 Å². The van der Waals surface area contributed by atoms with Crippen LogP contribution in [0.1, 0.15) is 37.6 Å². The Morgan fingerprint density at radius 2 is 1.89 bits per heavy atom. The SMILES string of the molecule is CCN(CC)c1ccc(CN2CC[C@H](c3nc4cccnc4n3C)C2)cc1. The Balaban J connectivity index is 1.43. The van der Waals surface area contributed by atoms with Gasteiger partial charge in [-0.25, -0.2) is 9.97 Å². The molecule has 0 bridgehead atoms. The summed E-state index contributed by atoms with van der Waals surface area (Å²) in [5, 5.41) is 0. The van der Waals surface area contributed by atoms with Crippen molar-refractivity contribution in [3.63, 3.8) is 0 Å². The molecule has 0 N–H and O–H groups in total. The van der Waals surface area contributed by atoms with E-state index in [2.05, 4.69) is 70.6 Å². The first-order valence-electron chi connectivity index (χ1n) is 10.0. The van der Waals surface area contributed by atoms with Gasteiger partial charge in [-0.05, 0) is 56.6 Å². The molecule has 1 saturated heterocycles. The monoisotopic (exact) mass is 363 g/mol. The Morgan fingerprint density at radius 3 is 2.59 bits per heavy atom. The second kappa shape index (κ2) is 7.69. The van der Waals surface area contributed by atoms with Gasteiger partial charge in [0.25, 0.3) is 0 Å². The Bertz CT molecular complexity index is 895. The van der Waals surface area contributed by atoms with Crippen LogP contribution in [-0.4, -0.2) is 45.6 Å². The molecule has 0 radical (unpaired) electrons. The molecule has 5 nitrogen and oxygen atoms in total. The van der Waals surface area contributed by atoms with E-state index in [9.17, 15) is 0 Å². The zero-order chi connectivity index (χ0) is 18.8. The maximum atomic E-state index is 4.85. The van der Waals surface area contributed by atoms with E-state index >= 15 is 0 Å². The molecular weight excluding hydrogens is 334 g/mol. The summed E-state index contributed by atoms with van der Waals surface area (Å²) in [5.41, 5.74) is 4.69. The van der Waals surface area contributed by atoms with E-state index < -0.39 is 0 Å².